The molecule has 1 saturated carbocycles. The van der Waals surface area contributed by atoms with Crippen molar-refractivity contribution in [2.75, 3.05) is 5.73 Å². The maximum absolute atomic E-state index is 5.58. The van der Waals surface area contributed by atoms with Gasteiger partial charge in [-0.05, 0) is 43.5 Å². The molecule has 0 spiro atoms. The Bertz CT molecular complexity index is 1150. The van der Waals surface area contributed by atoms with Gasteiger partial charge in [0.25, 0.3) is 5.89 Å². The Morgan fingerprint density at radius 1 is 0.966 bits per heavy atom. The predicted molar refractivity (Wildman–Crippen MR) is 107 cm³/mol. The van der Waals surface area contributed by atoms with Crippen LogP contribution in [0.2, 0.25) is 0 Å². The average Bonchev–Trinajstić information content (AvgIpc) is 3.19. The molecule has 1 aliphatic rings. The van der Waals surface area contributed by atoms with Crippen LogP contribution in [0.1, 0.15) is 36.3 Å². The lowest BCUT2D eigenvalue weighted by molar-refractivity contribution is 0.272. The number of nitrogen functional groups attached to an aromatic ring is 1. The molecule has 1 fully saturated rings. The molecule has 0 aliphatic heterocycles. The predicted octanol–water partition coefficient (Wildman–Crippen LogP) is 3.34. The summed E-state index contributed by atoms with van der Waals surface area (Å²) in [7, 11) is 0. The number of aromatic nitrogens is 6. The van der Waals surface area contributed by atoms with Crippen molar-refractivity contribution in [1.82, 2.24) is 30.1 Å². The second kappa shape index (κ2) is 6.73. The number of anilines is 1. The molecule has 0 bridgehead atoms. The monoisotopic (exact) mass is 385 g/mol. The molecule has 2 N–H and O–H groups in total. The molecular weight excluding hydrogens is 366 g/mol. The summed E-state index contributed by atoms with van der Waals surface area (Å²) in [6.45, 7) is 1.94. The van der Waals surface area contributed by atoms with Crippen molar-refractivity contribution < 1.29 is 4.52 Å². The smallest absolute Gasteiger partial charge is 0.258 e. The van der Waals surface area contributed by atoms with E-state index >= 15 is 0 Å². The normalized spacial score (nSPS) is 15.1. The highest BCUT2D eigenvalue weighted by atomic mass is 16.5. The molecule has 1 aliphatic carbocycles. The van der Waals surface area contributed by atoms with Crippen LogP contribution in [0.4, 0.5) is 5.95 Å². The molecule has 8 heteroatoms. The first-order valence-electron chi connectivity index (χ1n) is 9.46. The third-order valence-corrected chi connectivity index (χ3v) is 5.49. The van der Waals surface area contributed by atoms with Gasteiger partial charge in [0.15, 0.2) is 5.82 Å². The van der Waals surface area contributed by atoms with Crippen LogP contribution < -0.4 is 5.73 Å². The van der Waals surface area contributed by atoms with Crippen LogP contribution in [0.25, 0.3) is 22.7 Å². The third-order valence-electron chi connectivity index (χ3n) is 5.49. The molecule has 0 unspecified atom stereocenters. The number of nitrogens with zero attached hydrogens (tertiary/aromatic N) is 6. The summed E-state index contributed by atoms with van der Waals surface area (Å²) in [5.74, 6) is 1.47. The first-order valence-corrected chi connectivity index (χ1v) is 9.46. The van der Waals surface area contributed by atoms with Crippen LogP contribution in [-0.2, 0) is 5.41 Å². The van der Waals surface area contributed by atoms with Crippen LogP contribution in [0, 0.1) is 6.92 Å². The van der Waals surface area contributed by atoms with Crippen molar-refractivity contribution in [1.29, 1.82) is 0 Å². The number of hydrogen-bond donors (Lipinski definition) is 1. The molecule has 144 valence electrons. The molecule has 5 rings (SSSR count). The van der Waals surface area contributed by atoms with E-state index in [1.165, 1.54) is 0 Å². The Kier molecular flexibility index (Phi) is 4.04. The Hall–Kier alpha value is -3.68. The fraction of sp³-hybridized carbons (Fsp3) is 0.238. The van der Waals surface area contributed by atoms with Gasteiger partial charge >= 0.3 is 0 Å². The SMILES string of the molecule is Cc1cc(-c2nc(C3(c4ccc(-c5cnc(N)nc5)nc4)CCC3)no2)ccn1. The van der Waals surface area contributed by atoms with Crippen LogP contribution in [0.3, 0.4) is 0 Å². The van der Waals surface area contributed by atoms with E-state index in [4.69, 9.17) is 15.2 Å². The van der Waals surface area contributed by atoms with Crippen molar-refractivity contribution in [3.8, 4) is 22.7 Å². The minimum Gasteiger partial charge on any atom is -0.368 e. The maximum Gasteiger partial charge on any atom is 0.258 e. The van der Waals surface area contributed by atoms with Gasteiger partial charge in [-0.25, -0.2) is 9.97 Å². The van der Waals surface area contributed by atoms with Crippen LogP contribution in [0.15, 0.2) is 53.6 Å². The van der Waals surface area contributed by atoms with Gasteiger partial charge in [-0.2, -0.15) is 4.98 Å². The van der Waals surface area contributed by atoms with Gasteiger partial charge in [0.1, 0.15) is 0 Å². The summed E-state index contributed by atoms with van der Waals surface area (Å²) in [6.07, 6.45) is 10.0. The molecule has 0 saturated heterocycles. The van der Waals surface area contributed by atoms with Crippen LogP contribution in [0.5, 0.6) is 0 Å². The number of hydrogen-bond acceptors (Lipinski definition) is 8. The Labute approximate surface area is 167 Å². The molecule has 4 aromatic heterocycles. The highest BCUT2D eigenvalue weighted by molar-refractivity contribution is 5.58. The molecular formula is C21H19N7O. The quantitative estimate of drug-likeness (QED) is 0.568. The van der Waals surface area contributed by atoms with Crippen molar-refractivity contribution in [3.63, 3.8) is 0 Å². The van der Waals surface area contributed by atoms with E-state index in [2.05, 4.69) is 31.2 Å². The van der Waals surface area contributed by atoms with Gasteiger partial charge in [-0.1, -0.05) is 17.6 Å². The zero-order chi connectivity index (χ0) is 19.8. The minimum atomic E-state index is -0.257. The number of rotatable bonds is 4. The Balaban J connectivity index is 1.47. The molecule has 8 nitrogen and oxygen atoms in total. The lowest BCUT2D eigenvalue weighted by atomic mass is 9.64. The van der Waals surface area contributed by atoms with Crippen molar-refractivity contribution >= 4 is 5.95 Å². The van der Waals surface area contributed by atoms with Gasteiger partial charge in [-0.3, -0.25) is 9.97 Å². The van der Waals surface area contributed by atoms with Crippen molar-refractivity contribution in [2.24, 2.45) is 0 Å². The van der Waals surface area contributed by atoms with E-state index in [-0.39, 0.29) is 11.4 Å². The van der Waals surface area contributed by atoms with Gasteiger partial charge in [-0.15, -0.1) is 0 Å². The molecule has 4 heterocycles. The molecule has 29 heavy (non-hydrogen) atoms. The van der Waals surface area contributed by atoms with Crippen LogP contribution >= 0.6 is 0 Å². The maximum atomic E-state index is 5.58. The second-order valence-corrected chi connectivity index (χ2v) is 7.31. The van der Waals surface area contributed by atoms with E-state index in [0.29, 0.717) is 11.7 Å². The van der Waals surface area contributed by atoms with Crippen molar-refractivity contribution in [3.05, 3.63) is 66.1 Å². The molecule has 0 atom stereocenters. The fourth-order valence-corrected chi connectivity index (χ4v) is 3.70. The van der Waals surface area contributed by atoms with Gasteiger partial charge in [0, 0.05) is 41.6 Å². The summed E-state index contributed by atoms with van der Waals surface area (Å²) in [4.78, 5) is 21.6. The summed E-state index contributed by atoms with van der Waals surface area (Å²) in [5.41, 5.74) is 9.79. The van der Waals surface area contributed by atoms with E-state index < -0.39 is 0 Å². The molecule has 4 aromatic rings. The topological polar surface area (TPSA) is 116 Å². The third kappa shape index (κ3) is 3.02. The first-order chi connectivity index (χ1) is 14.1. The van der Waals surface area contributed by atoms with Gasteiger partial charge in [0.2, 0.25) is 5.95 Å². The first kappa shape index (κ1) is 17.4. The highest BCUT2D eigenvalue weighted by Gasteiger charge is 2.44. The Morgan fingerprint density at radius 2 is 1.79 bits per heavy atom. The molecule has 0 radical (unpaired) electrons. The van der Waals surface area contributed by atoms with Crippen LogP contribution in [-0.4, -0.2) is 30.1 Å². The largest absolute Gasteiger partial charge is 0.368 e. The van der Waals surface area contributed by atoms with E-state index in [1.807, 2.05) is 31.3 Å². The summed E-state index contributed by atoms with van der Waals surface area (Å²) >= 11 is 0. The lowest BCUT2D eigenvalue weighted by Gasteiger charge is -2.39. The zero-order valence-corrected chi connectivity index (χ0v) is 15.9. The standard InChI is InChI=1S/C21H19N7O/c1-13-9-14(5-8-23-13)18-27-19(28-29-18)21(6-2-7-21)16-3-4-17(24-12-16)15-10-25-20(22)26-11-15/h3-5,8-12H,2,6-7H2,1H3,(H2,22,25,26). The van der Waals surface area contributed by atoms with E-state index in [0.717, 1.165) is 47.3 Å². The van der Waals surface area contributed by atoms with Gasteiger partial charge < -0.3 is 10.3 Å². The van der Waals surface area contributed by atoms with E-state index in [9.17, 15) is 0 Å². The average molecular weight is 385 g/mol. The summed E-state index contributed by atoms with van der Waals surface area (Å²) in [6, 6.07) is 7.86. The summed E-state index contributed by atoms with van der Waals surface area (Å²) < 4.78 is 5.58. The number of aryl methyl sites for hydroxylation is 1. The fourth-order valence-electron chi connectivity index (χ4n) is 3.70. The van der Waals surface area contributed by atoms with Crippen molar-refractivity contribution in [2.45, 2.75) is 31.6 Å². The highest BCUT2D eigenvalue weighted by Crippen LogP contribution is 2.48. The Morgan fingerprint density at radius 3 is 2.45 bits per heavy atom. The number of pyridine rings is 2. The lowest BCUT2D eigenvalue weighted by Crippen LogP contribution is -2.36. The van der Waals surface area contributed by atoms with Gasteiger partial charge in [0.05, 0.1) is 11.1 Å². The molecule has 0 aromatic carbocycles. The number of nitrogens with two attached hydrogens (primary N) is 1. The molecule has 0 amide bonds. The zero-order valence-electron chi connectivity index (χ0n) is 15.9. The summed E-state index contributed by atoms with van der Waals surface area (Å²) in [5, 5.41) is 4.31. The second-order valence-electron chi connectivity index (χ2n) is 7.31. The van der Waals surface area contributed by atoms with E-state index in [1.54, 1.807) is 18.6 Å². The minimum absolute atomic E-state index is 0.246.